The van der Waals surface area contributed by atoms with Crippen LogP contribution in [0.5, 0.6) is 0 Å². The van der Waals surface area contributed by atoms with Crippen LogP contribution in [0.1, 0.15) is 24.8 Å². The van der Waals surface area contributed by atoms with Crippen molar-refractivity contribution >= 4 is 40.7 Å². The summed E-state index contributed by atoms with van der Waals surface area (Å²) in [5.41, 5.74) is 1.39. The van der Waals surface area contributed by atoms with Crippen molar-refractivity contribution in [3.63, 3.8) is 0 Å². The van der Waals surface area contributed by atoms with Crippen LogP contribution in [0.2, 0.25) is 0 Å². The number of nitrogens with one attached hydrogen (secondary N) is 1. The zero-order valence-electron chi connectivity index (χ0n) is 17.8. The molecule has 4 rings (SSSR count). The third-order valence-corrected chi connectivity index (χ3v) is 7.62. The van der Waals surface area contributed by atoms with Gasteiger partial charge in [-0.2, -0.15) is 4.72 Å². The number of hydrogen-bond acceptors (Lipinski definition) is 8. The summed E-state index contributed by atoms with van der Waals surface area (Å²) in [7, 11) is -5.82. The average Bonchev–Trinajstić information content (AvgIpc) is 3.35. The van der Waals surface area contributed by atoms with Gasteiger partial charge < -0.3 is 23.9 Å². The lowest BCUT2D eigenvalue weighted by Crippen LogP contribution is -2.48. The molecule has 1 aromatic heterocycles. The van der Waals surface area contributed by atoms with Gasteiger partial charge in [0.25, 0.3) is 0 Å². The Hall–Kier alpha value is -1.18. The maximum Gasteiger partial charge on any atom is 0.635 e. The SMILES string of the molecule is Cl.O=S(=O)(CC1CCCC1N1CCOCC1)N[C@@H](Cc1coc2ccccc12)OB(O)O. The molecule has 0 radical (unpaired) electrons. The van der Waals surface area contributed by atoms with Crippen molar-refractivity contribution in [1.29, 1.82) is 0 Å². The highest BCUT2D eigenvalue weighted by Gasteiger charge is 2.36. The molecule has 1 aromatic carbocycles. The Morgan fingerprint density at radius 2 is 1.97 bits per heavy atom. The molecule has 2 heterocycles. The first kappa shape index (κ1) is 25.4. The fraction of sp³-hybridized carbons (Fsp3) is 0.600. The van der Waals surface area contributed by atoms with Crippen LogP contribution in [-0.2, 0) is 25.8 Å². The molecule has 9 nitrogen and oxygen atoms in total. The number of benzene rings is 1. The smallest absolute Gasteiger partial charge is 0.464 e. The van der Waals surface area contributed by atoms with Crippen molar-refractivity contribution in [1.82, 2.24) is 9.62 Å². The molecule has 3 N–H and O–H groups in total. The van der Waals surface area contributed by atoms with Crippen LogP contribution in [0.25, 0.3) is 11.0 Å². The third-order valence-electron chi connectivity index (χ3n) is 6.13. The van der Waals surface area contributed by atoms with Gasteiger partial charge in [0.1, 0.15) is 11.8 Å². The fourth-order valence-corrected chi connectivity index (χ4v) is 6.37. The first-order valence-corrected chi connectivity index (χ1v) is 12.3. The number of hydrogen-bond donors (Lipinski definition) is 3. The summed E-state index contributed by atoms with van der Waals surface area (Å²) in [6.45, 7) is 3.00. The van der Waals surface area contributed by atoms with Crippen molar-refractivity contribution in [3.8, 4) is 0 Å². The first-order chi connectivity index (χ1) is 14.9. The summed E-state index contributed by atoms with van der Waals surface area (Å²) in [5, 5.41) is 19.5. The maximum atomic E-state index is 13.0. The van der Waals surface area contributed by atoms with Crippen molar-refractivity contribution in [2.24, 2.45) is 5.92 Å². The second-order valence-corrected chi connectivity index (χ2v) is 10.0. The van der Waals surface area contributed by atoms with Gasteiger partial charge in [-0.3, -0.25) is 4.90 Å². The Morgan fingerprint density at radius 3 is 2.72 bits per heavy atom. The average molecular weight is 489 g/mol. The Kier molecular flexibility index (Phi) is 8.99. The van der Waals surface area contributed by atoms with Crippen molar-refractivity contribution in [2.75, 3.05) is 32.1 Å². The molecule has 32 heavy (non-hydrogen) atoms. The molecule has 0 bridgehead atoms. The number of fused-ring (bicyclic) bond motifs is 1. The number of furan rings is 1. The number of nitrogens with zero attached hydrogens (tertiary/aromatic N) is 1. The normalized spacial score (nSPS) is 23.2. The van der Waals surface area contributed by atoms with Gasteiger partial charge in [0.2, 0.25) is 10.0 Å². The number of morpholine rings is 1. The highest BCUT2D eigenvalue weighted by Crippen LogP contribution is 2.31. The standard InChI is InChI=1S/C20H29BN2O7S.ClH/c24-21(25)30-20(12-16-13-29-19-7-2-1-5-17(16)19)22-31(26,27)14-15-4-3-6-18(15)23-8-10-28-11-9-23;/h1-2,5,7,13,15,18,20,22,24-25H,3-4,6,8-12,14H2;1H/t15?,18?,20-;/m1./s1. The van der Waals surface area contributed by atoms with E-state index in [0.29, 0.717) is 18.8 Å². The molecular formula is C20H30BClN2O7S. The minimum absolute atomic E-state index is 0. The molecule has 0 amide bonds. The molecule has 2 aromatic rings. The van der Waals surface area contributed by atoms with Gasteiger partial charge in [-0.1, -0.05) is 24.6 Å². The molecule has 1 saturated heterocycles. The summed E-state index contributed by atoms with van der Waals surface area (Å²) in [5.74, 6) is -0.00669. The van der Waals surface area contributed by atoms with Crippen molar-refractivity contribution in [2.45, 2.75) is 38.0 Å². The van der Waals surface area contributed by atoms with Crippen LogP contribution in [0, 0.1) is 5.92 Å². The lowest BCUT2D eigenvalue weighted by Gasteiger charge is -2.35. The van der Waals surface area contributed by atoms with E-state index in [2.05, 4.69) is 9.62 Å². The van der Waals surface area contributed by atoms with Gasteiger partial charge >= 0.3 is 7.32 Å². The van der Waals surface area contributed by atoms with E-state index in [-0.39, 0.29) is 36.5 Å². The number of halogens is 1. The predicted octanol–water partition coefficient (Wildman–Crippen LogP) is 1.13. The summed E-state index contributed by atoms with van der Waals surface area (Å²) in [6.07, 6.45) is 3.34. The molecule has 1 saturated carbocycles. The van der Waals surface area contributed by atoms with Gasteiger partial charge in [0.15, 0.2) is 0 Å². The second kappa shape index (κ2) is 11.3. The largest absolute Gasteiger partial charge is 0.635 e. The van der Waals surface area contributed by atoms with Crippen LogP contribution in [0.4, 0.5) is 0 Å². The Morgan fingerprint density at radius 1 is 1.22 bits per heavy atom. The molecule has 2 aliphatic rings. The molecule has 2 unspecified atom stereocenters. The molecule has 1 aliphatic heterocycles. The second-order valence-electron chi connectivity index (χ2n) is 8.22. The van der Waals surface area contributed by atoms with E-state index < -0.39 is 23.6 Å². The molecule has 178 valence electrons. The summed E-state index contributed by atoms with van der Waals surface area (Å²) in [4.78, 5) is 2.33. The van der Waals surface area contributed by atoms with E-state index in [0.717, 1.165) is 43.3 Å². The fourth-order valence-electron chi connectivity index (χ4n) is 4.79. The number of ether oxygens (including phenoxy) is 1. The minimum atomic E-state index is -3.72. The van der Waals surface area contributed by atoms with E-state index in [1.54, 1.807) is 0 Å². The van der Waals surface area contributed by atoms with E-state index in [9.17, 15) is 18.5 Å². The van der Waals surface area contributed by atoms with Crippen LogP contribution >= 0.6 is 12.4 Å². The maximum absolute atomic E-state index is 13.0. The Balaban J connectivity index is 0.00000289. The van der Waals surface area contributed by atoms with E-state index in [1.807, 2.05) is 24.3 Å². The zero-order chi connectivity index (χ0) is 21.8. The Labute approximate surface area is 194 Å². The van der Waals surface area contributed by atoms with Gasteiger partial charge in [-0.25, -0.2) is 8.42 Å². The molecule has 1 aliphatic carbocycles. The monoisotopic (exact) mass is 488 g/mol. The van der Waals surface area contributed by atoms with E-state index in [1.165, 1.54) is 6.26 Å². The van der Waals surface area contributed by atoms with Crippen LogP contribution in [0.3, 0.4) is 0 Å². The number of sulfonamides is 1. The lowest BCUT2D eigenvalue weighted by atomic mass is 10.0. The van der Waals surface area contributed by atoms with Gasteiger partial charge in [0, 0.05) is 36.5 Å². The Bertz CT molecular complexity index is 968. The third kappa shape index (κ3) is 6.45. The van der Waals surface area contributed by atoms with Gasteiger partial charge in [-0.15, -0.1) is 12.4 Å². The molecular weight excluding hydrogens is 459 g/mol. The van der Waals surface area contributed by atoms with E-state index >= 15 is 0 Å². The lowest BCUT2D eigenvalue weighted by molar-refractivity contribution is 0.0101. The van der Waals surface area contributed by atoms with Gasteiger partial charge in [-0.05, 0) is 24.8 Å². The highest BCUT2D eigenvalue weighted by molar-refractivity contribution is 7.89. The molecule has 12 heteroatoms. The number of rotatable bonds is 9. The number of para-hydroxylation sites is 1. The minimum Gasteiger partial charge on any atom is -0.464 e. The molecule has 0 spiro atoms. The quantitative estimate of drug-likeness (QED) is 0.355. The van der Waals surface area contributed by atoms with Crippen molar-refractivity contribution in [3.05, 3.63) is 36.1 Å². The first-order valence-electron chi connectivity index (χ1n) is 10.7. The highest BCUT2D eigenvalue weighted by atomic mass is 35.5. The summed E-state index contributed by atoms with van der Waals surface area (Å²) < 4.78 is 44.5. The predicted molar refractivity (Wildman–Crippen MR) is 123 cm³/mol. The molecule has 2 fully saturated rings. The molecule has 3 atom stereocenters. The summed E-state index contributed by atoms with van der Waals surface area (Å²) >= 11 is 0. The summed E-state index contributed by atoms with van der Waals surface area (Å²) in [6, 6.07) is 7.59. The van der Waals surface area contributed by atoms with Crippen LogP contribution < -0.4 is 4.72 Å². The van der Waals surface area contributed by atoms with Crippen molar-refractivity contribution < 1.29 is 32.3 Å². The van der Waals surface area contributed by atoms with Crippen LogP contribution in [0.15, 0.2) is 34.9 Å². The van der Waals surface area contributed by atoms with Gasteiger partial charge in [0.05, 0.1) is 25.2 Å². The topological polar surface area (TPSA) is 121 Å². The zero-order valence-corrected chi connectivity index (χ0v) is 19.4. The van der Waals surface area contributed by atoms with Crippen LogP contribution in [-0.4, -0.2) is 75.0 Å². The van der Waals surface area contributed by atoms with E-state index in [4.69, 9.17) is 13.8 Å².